The third-order valence-electron chi connectivity index (χ3n) is 4.85. The zero-order valence-corrected chi connectivity index (χ0v) is 21.8. The number of esters is 1. The van der Waals surface area contributed by atoms with Crippen LogP contribution in [0.15, 0.2) is 77.0 Å². The van der Waals surface area contributed by atoms with Gasteiger partial charge in [0.15, 0.2) is 5.78 Å². The number of benzene rings is 2. The number of Topliss-reactive ketones (excluding diaryl/α,β-unsaturated/α-hetero) is 1. The van der Waals surface area contributed by atoms with Gasteiger partial charge in [0.25, 0.3) is 15.9 Å². The Balaban J connectivity index is 1.71. The molecule has 190 valence electrons. The molecule has 0 aliphatic rings. The lowest BCUT2D eigenvalue weighted by Gasteiger charge is -2.24. The summed E-state index contributed by atoms with van der Waals surface area (Å²) in [6, 6.07) is 19.0. The maximum absolute atomic E-state index is 13.1. The van der Waals surface area contributed by atoms with Crippen LogP contribution in [0.2, 0.25) is 0 Å². The van der Waals surface area contributed by atoms with E-state index in [-0.39, 0.29) is 27.8 Å². The Hall–Kier alpha value is -3.34. The highest BCUT2D eigenvalue weighted by atomic mass is 32.2. The quantitative estimate of drug-likeness (QED) is 0.307. The number of sulfonamides is 1. The van der Waals surface area contributed by atoms with Crippen molar-refractivity contribution in [2.24, 2.45) is 0 Å². The Labute approximate surface area is 214 Å². The SMILES string of the molecule is CC(C)(C)OC(=O)[C@@H](Cc1ccccc1)NS(=O)(=O)c1ccc(C(=O)NCC(=O)c2ccccc2)s1. The first-order valence-corrected chi connectivity index (χ1v) is 13.5. The second kappa shape index (κ2) is 11.6. The summed E-state index contributed by atoms with van der Waals surface area (Å²) in [5.41, 5.74) is 0.413. The van der Waals surface area contributed by atoms with Crippen molar-refractivity contribution in [3.63, 3.8) is 0 Å². The molecule has 3 rings (SSSR count). The fourth-order valence-electron chi connectivity index (χ4n) is 3.20. The van der Waals surface area contributed by atoms with Crippen molar-refractivity contribution in [1.82, 2.24) is 10.0 Å². The van der Waals surface area contributed by atoms with E-state index in [2.05, 4.69) is 10.0 Å². The molecule has 1 atom stereocenters. The average Bonchev–Trinajstić information content (AvgIpc) is 3.34. The van der Waals surface area contributed by atoms with Crippen molar-refractivity contribution in [3.05, 3.63) is 88.8 Å². The molecule has 8 nitrogen and oxygen atoms in total. The fraction of sp³-hybridized carbons (Fsp3) is 0.269. The Morgan fingerprint density at radius 2 is 1.53 bits per heavy atom. The molecule has 0 bridgehead atoms. The third-order valence-corrected chi connectivity index (χ3v) is 7.89. The van der Waals surface area contributed by atoms with Gasteiger partial charge in [-0.3, -0.25) is 14.4 Å². The normalized spacial score (nSPS) is 12.5. The van der Waals surface area contributed by atoms with E-state index >= 15 is 0 Å². The molecule has 0 radical (unpaired) electrons. The molecule has 1 amide bonds. The van der Waals surface area contributed by atoms with Crippen LogP contribution in [0.3, 0.4) is 0 Å². The molecule has 0 unspecified atom stereocenters. The lowest BCUT2D eigenvalue weighted by Crippen LogP contribution is -2.45. The highest BCUT2D eigenvalue weighted by molar-refractivity contribution is 7.91. The molecule has 1 aromatic heterocycles. The summed E-state index contributed by atoms with van der Waals surface area (Å²) < 4.78 is 33.9. The maximum atomic E-state index is 13.1. The van der Waals surface area contributed by atoms with Gasteiger partial charge in [0, 0.05) is 5.56 Å². The minimum Gasteiger partial charge on any atom is -0.459 e. The Kier molecular flexibility index (Phi) is 8.78. The molecule has 2 N–H and O–H groups in total. The van der Waals surface area contributed by atoms with Crippen molar-refractivity contribution < 1.29 is 27.5 Å². The van der Waals surface area contributed by atoms with E-state index in [1.807, 2.05) is 6.07 Å². The van der Waals surface area contributed by atoms with Crippen molar-refractivity contribution >= 4 is 39.0 Å². The van der Waals surface area contributed by atoms with E-state index in [0.717, 1.165) is 16.9 Å². The molecular formula is C26H28N2O6S2. The highest BCUT2D eigenvalue weighted by Gasteiger charge is 2.31. The van der Waals surface area contributed by atoms with E-state index in [1.54, 1.807) is 75.4 Å². The van der Waals surface area contributed by atoms with Gasteiger partial charge in [-0.05, 0) is 44.9 Å². The largest absolute Gasteiger partial charge is 0.459 e. The lowest BCUT2D eigenvalue weighted by molar-refractivity contribution is -0.156. The zero-order valence-electron chi connectivity index (χ0n) is 20.2. The average molecular weight is 529 g/mol. The lowest BCUT2D eigenvalue weighted by atomic mass is 10.1. The number of thiophene rings is 1. The second-order valence-electron chi connectivity index (χ2n) is 8.99. The number of carbonyl (C=O) groups excluding carboxylic acids is 3. The number of ether oxygens (including phenoxy) is 1. The summed E-state index contributed by atoms with van der Waals surface area (Å²) >= 11 is 0.743. The fourth-order valence-corrected chi connectivity index (χ4v) is 5.63. The molecule has 0 saturated heterocycles. The monoisotopic (exact) mass is 528 g/mol. The molecule has 36 heavy (non-hydrogen) atoms. The van der Waals surface area contributed by atoms with E-state index in [1.165, 1.54) is 12.1 Å². The first kappa shape index (κ1) is 27.3. The summed E-state index contributed by atoms with van der Waals surface area (Å²) in [7, 11) is -4.15. The molecule has 1 heterocycles. The van der Waals surface area contributed by atoms with Crippen LogP contribution >= 0.6 is 11.3 Å². The Morgan fingerprint density at radius 3 is 2.14 bits per heavy atom. The molecule has 10 heteroatoms. The van der Waals surface area contributed by atoms with E-state index in [4.69, 9.17) is 4.74 Å². The molecular weight excluding hydrogens is 500 g/mol. The predicted octanol–water partition coefficient (Wildman–Crippen LogP) is 3.59. The van der Waals surface area contributed by atoms with Gasteiger partial charge in [0.05, 0.1) is 11.4 Å². The molecule has 0 saturated carbocycles. The molecule has 0 aliphatic heterocycles. The first-order valence-electron chi connectivity index (χ1n) is 11.2. The summed E-state index contributed by atoms with van der Waals surface area (Å²) in [6.07, 6.45) is 0.0926. The van der Waals surface area contributed by atoms with Crippen LogP contribution < -0.4 is 10.0 Å². The maximum Gasteiger partial charge on any atom is 0.325 e. The van der Waals surface area contributed by atoms with Crippen LogP contribution in [0.25, 0.3) is 0 Å². The minimum absolute atomic E-state index is 0.0926. The summed E-state index contributed by atoms with van der Waals surface area (Å²) in [6.45, 7) is 4.88. The van der Waals surface area contributed by atoms with Crippen LogP contribution in [-0.4, -0.2) is 44.3 Å². The number of amides is 1. The van der Waals surface area contributed by atoms with Gasteiger partial charge < -0.3 is 10.1 Å². The van der Waals surface area contributed by atoms with Gasteiger partial charge in [-0.15, -0.1) is 11.3 Å². The second-order valence-corrected chi connectivity index (χ2v) is 12.0. The summed E-state index contributed by atoms with van der Waals surface area (Å²) in [5.74, 6) is -1.54. The van der Waals surface area contributed by atoms with Gasteiger partial charge in [0.2, 0.25) is 0 Å². The molecule has 0 fully saturated rings. The van der Waals surface area contributed by atoms with Crippen molar-refractivity contribution in [2.75, 3.05) is 6.54 Å². The van der Waals surface area contributed by atoms with Gasteiger partial charge in [-0.25, -0.2) is 8.42 Å². The van der Waals surface area contributed by atoms with Crippen molar-refractivity contribution in [3.8, 4) is 0 Å². The van der Waals surface area contributed by atoms with Gasteiger partial charge in [-0.1, -0.05) is 60.7 Å². The minimum atomic E-state index is -4.15. The summed E-state index contributed by atoms with van der Waals surface area (Å²) in [4.78, 5) is 37.7. The number of hydrogen-bond donors (Lipinski definition) is 2. The first-order chi connectivity index (χ1) is 16.9. The Morgan fingerprint density at radius 1 is 0.917 bits per heavy atom. The van der Waals surface area contributed by atoms with Crippen molar-refractivity contribution in [1.29, 1.82) is 0 Å². The predicted molar refractivity (Wildman–Crippen MR) is 138 cm³/mol. The van der Waals surface area contributed by atoms with Crippen LogP contribution in [0.5, 0.6) is 0 Å². The van der Waals surface area contributed by atoms with E-state index in [9.17, 15) is 22.8 Å². The molecule has 0 aliphatic carbocycles. The summed E-state index contributed by atoms with van der Waals surface area (Å²) in [5, 5.41) is 2.51. The van der Waals surface area contributed by atoms with Crippen molar-refractivity contribution in [2.45, 2.75) is 43.0 Å². The van der Waals surface area contributed by atoms with Gasteiger partial charge >= 0.3 is 5.97 Å². The zero-order chi connectivity index (χ0) is 26.3. The van der Waals surface area contributed by atoms with E-state index < -0.39 is 33.5 Å². The van der Waals surface area contributed by atoms with Crippen LogP contribution in [0.1, 0.15) is 46.4 Å². The Bertz CT molecular complexity index is 1310. The molecule has 3 aromatic rings. The number of nitrogens with one attached hydrogen (secondary N) is 2. The van der Waals surface area contributed by atoms with Crippen LogP contribution in [0, 0.1) is 0 Å². The van der Waals surface area contributed by atoms with Gasteiger partial charge in [-0.2, -0.15) is 4.72 Å². The third kappa shape index (κ3) is 7.84. The van der Waals surface area contributed by atoms with Crippen LogP contribution in [0.4, 0.5) is 0 Å². The smallest absolute Gasteiger partial charge is 0.325 e. The topological polar surface area (TPSA) is 119 Å². The number of ketones is 1. The van der Waals surface area contributed by atoms with Gasteiger partial charge in [0.1, 0.15) is 15.9 Å². The molecule has 2 aromatic carbocycles. The number of rotatable bonds is 10. The standard InChI is InChI=1S/C26H28N2O6S2/c1-26(2,3)34-25(31)20(16-18-10-6-4-7-11-18)28-36(32,33)23-15-14-22(35-23)24(30)27-17-21(29)19-12-8-5-9-13-19/h4-15,20,28H,16-17H2,1-3H3,(H,27,30)/t20-/m1/s1. The molecule has 0 spiro atoms. The highest BCUT2D eigenvalue weighted by Crippen LogP contribution is 2.23. The van der Waals surface area contributed by atoms with Crippen LogP contribution in [-0.2, 0) is 26.0 Å². The number of hydrogen-bond acceptors (Lipinski definition) is 7. The number of carbonyl (C=O) groups is 3. The van der Waals surface area contributed by atoms with E-state index in [0.29, 0.717) is 5.56 Å².